The Balaban J connectivity index is 1.57. The van der Waals surface area contributed by atoms with Gasteiger partial charge in [-0.25, -0.2) is 14.5 Å². The van der Waals surface area contributed by atoms with Crippen molar-refractivity contribution >= 4 is 45.3 Å². The van der Waals surface area contributed by atoms with Crippen molar-refractivity contribution in [3.05, 3.63) is 47.6 Å². The van der Waals surface area contributed by atoms with Crippen LogP contribution in [0.3, 0.4) is 0 Å². The van der Waals surface area contributed by atoms with Crippen molar-refractivity contribution in [3.63, 3.8) is 0 Å². The number of esters is 1. The number of anilines is 1. The van der Waals surface area contributed by atoms with Gasteiger partial charge in [0, 0.05) is 12.1 Å². The van der Waals surface area contributed by atoms with Gasteiger partial charge in [0.1, 0.15) is 10.8 Å². The highest BCUT2D eigenvalue weighted by atomic mass is 32.1. The number of fused-ring (bicyclic) bond motifs is 1. The quantitative estimate of drug-likeness (QED) is 0.479. The second-order valence-electron chi connectivity index (χ2n) is 6.34. The van der Waals surface area contributed by atoms with E-state index < -0.39 is 18.0 Å². The topological polar surface area (TPSA) is 86.1 Å². The lowest BCUT2D eigenvalue weighted by Crippen LogP contribution is -2.30. The van der Waals surface area contributed by atoms with Gasteiger partial charge in [-0.2, -0.15) is 5.10 Å². The molecule has 2 aromatic heterocycles. The lowest BCUT2D eigenvalue weighted by Gasteiger charge is -2.16. The molecule has 0 aliphatic carbocycles. The Morgan fingerprint density at radius 1 is 1.29 bits per heavy atom. The van der Waals surface area contributed by atoms with Gasteiger partial charge in [0.25, 0.3) is 5.91 Å². The summed E-state index contributed by atoms with van der Waals surface area (Å²) in [6.45, 7) is 5.59. The number of amides is 1. The molecule has 3 rings (SSSR count). The van der Waals surface area contributed by atoms with E-state index in [1.165, 1.54) is 24.3 Å². The number of para-hydroxylation sites is 1. The molecule has 0 fully saturated rings. The second-order valence-corrected chi connectivity index (χ2v) is 7.40. The Hall–Kier alpha value is -3.00. The molecule has 0 aliphatic heterocycles. The lowest BCUT2D eigenvalue weighted by atomic mass is 10.3. The number of rotatable bonds is 7. The molecule has 2 heterocycles. The van der Waals surface area contributed by atoms with Crippen LogP contribution in [0.4, 0.5) is 5.82 Å². The number of benzene rings is 1. The summed E-state index contributed by atoms with van der Waals surface area (Å²) in [6.07, 6.45) is 4.44. The Morgan fingerprint density at radius 2 is 2.07 bits per heavy atom. The summed E-state index contributed by atoms with van der Waals surface area (Å²) in [4.78, 5) is 28.8. The Labute approximate surface area is 167 Å². The maximum atomic E-state index is 12.3. The smallest absolute Gasteiger partial charge is 0.331 e. The molecule has 0 radical (unpaired) electrons. The van der Waals surface area contributed by atoms with Gasteiger partial charge in [0.05, 0.1) is 22.5 Å². The molecule has 0 bridgehead atoms. The highest BCUT2D eigenvalue weighted by Crippen LogP contribution is 2.22. The lowest BCUT2D eigenvalue weighted by molar-refractivity contribution is -0.148. The molecule has 0 spiro atoms. The van der Waals surface area contributed by atoms with Crippen LogP contribution in [0.2, 0.25) is 0 Å². The summed E-state index contributed by atoms with van der Waals surface area (Å²) in [6, 6.07) is 9.61. The molecule has 8 heteroatoms. The van der Waals surface area contributed by atoms with E-state index in [1.807, 2.05) is 38.1 Å². The Morgan fingerprint density at radius 3 is 2.82 bits per heavy atom. The summed E-state index contributed by atoms with van der Waals surface area (Å²) in [5.74, 6) is -0.434. The minimum Gasteiger partial charge on any atom is -0.449 e. The number of nitrogens with zero attached hydrogens (tertiary/aromatic N) is 3. The maximum Gasteiger partial charge on any atom is 0.331 e. The van der Waals surface area contributed by atoms with Crippen LogP contribution >= 0.6 is 11.3 Å². The van der Waals surface area contributed by atoms with Crippen molar-refractivity contribution in [2.75, 3.05) is 5.32 Å². The van der Waals surface area contributed by atoms with Gasteiger partial charge >= 0.3 is 5.97 Å². The van der Waals surface area contributed by atoms with Crippen LogP contribution in [-0.2, 0) is 14.3 Å². The average molecular weight is 398 g/mol. The number of aromatic nitrogens is 3. The standard InChI is InChI=1S/C20H22N4O3S/c1-4-13(2)24-17(11-12-21-24)23-20(26)14(3)27-19(25)10-9-18-22-15-7-5-6-8-16(15)28-18/h5-14H,4H2,1-3H3,(H,23,26)/b10-9+/t13-,14-/m1/s1. The predicted octanol–water partition coefficient (Wildman–Crippen LogP) is 4.05. The van der Waals surface area contributed by atoms with Gasteiger partial charge in [-0.3, -0.25) is 4.79 Å². The molecular formula is C20H22N4O3S. The first kappa shape index (κ1) is 19.8. The predicted molar refractivity (Wildman–Crippen MR) is 110 cm³/mol. The van der Waals surface area contributed by atoms with Crippen LogP contribution in [0.15, 0.2) is 42.6 Å². The van der Waals surface area contributed by atoms with Gasteiger partial charge in [-0.05, 0) is 38.5 Å². The molecule has 1 amide bonds. The maximum absolute atomic E-state index is 12.3. The van der Waals surface area contributed by atoms with Crippen molar-refractivity contribution in [1.29, 1.82) is 0 Å². The van der Waals surface area contributed by atoms with Gasteiger partial charge < -0.3 is 10.1 Å². The first-order chi connectivity index (χ1) is 13.5. The van der Waals surface area contributed by atoms with Crippen molar-refractivity contribution < 1.29 is 14.3 Å². The van der Waals surface area contributed by atoms with E-state index in [2.05, 4.69) is 15.4 Å². The third-order valence-corrected chi connectivity index (χ3v) is 5.27. The number of hydrogen-bond donors (Lipinski definition) is 1. The van der Waals surface area contributed by atoms with Crippen LogP contribution in [0.25, 0.3) is 16.3 Å². The zero-order valence-electron chi connectivity index (χ0n) is 16.0. The average Bonchev–Trinajstić information content (AvgIpc) is 3.32. The molecule has 2 atom stereocenters. The summed E-state index contributed by atoms with van der Waals surface area (Å²) < 4.78 is 7.97. The van der Waals surface area contributed by atoms with Gasteiger partial charge in [0.2, 0.25) is 0 Å². The van der Waals surface area contributed by atoms with Crippen molar-refractivity contribution in [2.45, 2.75) is 39.3 Å². The number of ether oxygens (including phenoxy) is 1. The SMILES string of the molecule is CC[C@@H](C)n1nccc1NC(=O)[C@@H](C)OC(=O)/C=C/c1nc2ccccc2s1. The van der Waals surface area contributed by atoms with E-state index in [0.717, 1.165) is 16.6 Å². The number of hydrogen-bond acceptors (Lipinski definition) is 6. The zero-order valence-corrected chi connectivity index (χ0v) is 16.8. The molecule has 0 saturated carbocycles. The molecular weight excluding hydrogens is 376 g/mol. The molecule has 28 heavy (non-hydrogen) atoms. The normalized spacial score (nSPS) is 13.5. The highest BCUT2D eigenvalue weighted by Gasteiger charge is 2.19. The molecule has 146 valence electrons. The number of thiazole rings is 1. The molecule has 0 unspecified atom stereocenters. The second kappa shape index (κ2) is 8.79. The summed E-state index contributed by atoms with van der Waals surface area (Å²) in [7, 11) is 0. The van der Waals surface area contributed by atoms with E-state index in [1.54, 1.807) is 23.0 Å². The molecule has 7 nitrogen and oxygen atoms in total. The zero-order chi connectivity index (χ0) is 20.1. The van der Waals surface area contributed by atoms with Crippen molar-refractivity contribution in [2.24, 2.45) is 0 Å². The van der Waals surface area contributed by atoms with E-state index in [-0.39, 0.29) is 6.04 Å². The molecule has 1 N–H and O–H groups in total. The van der Waals surface area contributed by atoms with Crippen LogP contribution in [0.1, 0.15) is 38.2 Å². The third kappa shape index (κ3) is 4.64. The number of carbonyl (C=O) groups is 2. The first-order valence-electron chi connectivity index (χ1n) is 9.06. The fourth-order valence-electron chi connectivity index (χ4n) is 2.53. The third-order valence-electron chi connectivity index (χ3n) is 4.26. The van der Waals surface area contributed by atoms with E-state index in [4.69, 9.17) is 4.74 Å². The van der Waals surface area contributed by atoms with Crippen molar-refractivity contribution in [3.8, 4) is 0 Å². The minimum atomic E-state index is -0.937. The van der Waals surface area contributed by atoms with E-state index in [0.29, 0.717) is 10.8 Å². The minimum absolute atomic E-state index is 0.153. The van der Waals surface area contributed by atoms with Gasteiger partial charge in [-0.15, -0.1) is 11.3 Å². The van der Waals surface area contributed by atoms with Gasteiger partial charge in [-0.1, -0.05) is 19.1 Å². The largest absolute Gasteiger partial charge is 0.449 e. The van der Waals surface area contributed by atoms with Crippen LogP contribution < -0.4 is 5.32 Å². The van der Waals surface area contributed by atoms with E-state index >= 15 is 0 Å². The molecule has 3 aromatic rings. The highest BCUT2D eigenvalue weighted by molar-refractivity contribution is 7.19. The Kier molecular flexibility index (Phi) is 6.20. The summed E-state index contributed by atoms with van der Waals surface area (Å²) >= 11 is 1.48. The Bertz CT molecular complexity index is 975. The number of nitrogens with one attached hydrogen (secondary N) is 1. The molecule has 1 aromatic carbocycles. The summed E-state index contributed by atoms with van der Waals surface area (Å²) in [5.41, 5.74) is 0.881. The molecule has 0 aliphatic rings. The van der Waals surface area contributed by atoms with Gasteiger partial charge in [0.15, 0.2) is 6.10 Å². The monoisotopic (exact) mass is 398 g/mol. The van der Waals surface area contributed by atoms with E-state index in [9.17, 15) is 9.59 Å². The van der Waals surface area contributed by atoms with Crippen LogP contribution in [-0.4, -0.2) is 32.7 Å². The first-order valence-corrected chi connectivity index (χ1v) is 9.88. The molecule has 0 saturated heterocycles. The fourth-order valence-corrected chi connectivity index (χ4v) is 3.40. The van der Waals surface area contributed by atoms with Crippen LogP contribution in [0.5, 0.6) is 0 Å². The van der Waals surface area contributed by atoms with Crippen LogP contribution in [0, 0.1) is 0 Å². The fraction of sp³-hybridized carbons (Fsp3) is 0.300. The summed E-state index contributed by atoms with van der Waals surface area (Å²) in [5, 5.41) is 7.67. The van der Waals surface area contributed by atoms with Crippen molar-refractivity contribution in [1.82, 2.24) is 14.8 Å². The number of carbonyl (C=O) groups excluding carboxylic acids is 2.